The summed E-state index contributed by atoms with van der Waals surface area (Å²) in [6.45, 7) is 2.14. The van der Waals surface area contributed by atoms with Gasteiger partial charge in [-0.25, -0.2) is 15.0 Å². The average Bonchev–Trinajstić information content (AvgIpc) is 3.03. The van der Waals surface area contributed by atoms with E-state index in [1.807, 2.05) is 0 Å². The molecule has 2 aromatic heterocycles. The average molecular weight is 308 g/mol. The number of ether oxygens (including phenoxy) is 1. The van der Waals surface area contributed by atoms with Gasteiger partial charge in [-0.05, 0) is 6.92 Å². The van der Waals surface area contributed by atoms with E-state index in [0.29, 0.717) is 17.7 Å². The standard InChI is InChI=1S/C12H16N6O4/c1-2-14-11(21)8-6(19)7(20)12(22-8)18-4-17-5-9(13)15-3-16-10(5)18/h3-4,6-8,12,19-20H,2H2,1H3,(H,14,21)(H2,13,15,16)/t6?,7-,8-,12+/m0/s1. The minimum absolute atomic E-state index is 0.192. The highest BCUT2D eigenvalue weighted by molar-refractivity contribution is 5.82. The predicted molar refractivity (Wildman–Crippen MR) is 74.3 cm³/mol. The number of nitrogens with two attached hydrogens (primary N) is 1. The molecule has 2 aromatic rings. The van der Waals surface area contributed by atoms with E-state index in [-0.39, 0.29) is 5.82 Å². The molecule has 3 rings (SSSR count). The van der Waals surface area contributed by atoms with Gasteiger partial charge in [0.15, 0.2) is 23.8 Å². The molecule has 1 fully saturated rings. The van der Waals surface area contributed by atoms with E-state index in [1.54, 1.807) is 6.92 Å². The lowest BCUT2D eigenvalue weighted by Crippen LogP contribution is -2.42. The Bertz CT molecular complexity index is 704. The van der Waals surface area contributed by atoms with E-state index in [9.17, 15) is 15.0 Å². The van der Waals surface area contributed by atoms with Crippen molar-refractivity contribution in [1.29, 1.82) is 0 Å². The quantitative estimate of drug-likeness (QED) is 0.517. The van der Waals surface area contributed by atoms with Gasteiger partial charge in [-0.1, -0.05) is 0 Å². The first-order chi connectivity index (χ1) is 10.5. The van der Waals surface area contributed by atoms with Crippen LogP contribution in [0, 0.1) is 0 Å². The van der Waals surface area contributed by atoms with E-state index in [0.717, 1.165) is 0 Å². The summed E-state index contributed by atoms with van der Waals surface area (Å²) in [4.78, 5) is 23.8. The third kappa shape index (κ3) is 2.17. The highest BCUT2D eigenvalue weighted by atomic mass is 16.6. The second-order valence-electron chi connectivity index (χ2n) is 4.91. The molecule has 0 aliphatic carbocycles. The van der Waals surface area contributed by atoms with Crippen molar-refractivity contribution in [2.45, 2.75) is 31.5 Å². The number of fused-ring (bicyclic) bond motifs is 1. The molecule has 4 atom stereocenters. The molecule has 1 unspecified atom stereocenters. The zero-order valence-electron chi connectivity index (χ0n) is 11.7. The zero-order chi connectivity index (χ0) is 15.9. The maximum Gasteiger partial charge on any atom is 0.252 e. The summed E-state index contributed by atoms with van der Waals surface area (Å²) in [5.41, 5.74) is 6.40. The number of anilines is 1. The van der Waals surface area contributed by atoms with Crippen molar-refractivity contribution in [3.05, 3.63) is 12.7 Å². The number of hydrogen-bond acceptors (Lipinski definition) is 8. The van der Waals surface area contributed by atoms with Crippen LogP contribution in [0.1, 0.15) is 13.2 Å². The minimum atomic E-state index is -1.35. The van der Waals surface area contributed by atoms with Gasteiger partial charge in [0.1, 0.15) is 24.1 Å². The fourth-order valence-electron chi connectivity index (χ4n) is 2.44. The molecule has 10 heteroatoms. The van der Waals surface area contributed by atoms with Crippen molar-refractivity contribution in [1.82, 2.24) is 24.8 Å². The summed E-state index contributed by atoms with van der Waals surface area (Å²) in [5, 5.41) is 22.7. The summed E-state index contributed by atoms with van der Waals surface area (Å²) in [6, 6.07) is 0. The van der Waals surface area contributed by atoms with Gasteiger partial charge in [0.2, 0.25) is 0 Å². The maximum absolute atomic E-state index is 11.9. The third-order valence-electron chi connectivity index (χ3n) is 3.51. The topological polar surface area (TPSA) is 148 Å². The van der Waals surface area contributed by atoms with Crippen molar-refractivity contribution in [3.63, 3.8) is 0 Å². The fourth-order valence-corrected chi connectivity index (χ4v) is 2.44. The molecule has 10 nitrogen and oxygen atoms in total. The molecule has 1 aliphatic heterocycles. The number of hydrogen-bond donors (Lipinski definition) is 4. The molecule has 22 heavy (non-hydrogen) atoms. The summed E-state index contributed by atoms with van der Waals surface area (Å²) in [7, 11) is 0. The lowest BCUT2D eigenvalue weighted by atomic mass is 10.1. The molecule has 1 saturated heterocycles. The number of carbonyl (C=O) groups excluding carboxylic acids is 1. The smallest absolute Gasteiger partial charge is 0.252 e. The Kier molecular flexibility index (Phi) is 3.64. The summed E-state index contributed by atoms with van der Waals surface area (Å²) in [5.74, 6) is -0.299. The van der Waals surface area contributed by atoms with Crippen molar-refractivity contribution in [2.24, 2.45) is 0 Å². The van der Waals surface area contributed by atoms with Gasteiger partial charge in [0.05, 0.1) is 6.33 Å². The molecule has 5 N–H and O–H groups in total. The Morgan fingerprint density at radius 1 is 1.41 bits per heavy atom. The van der Waals surface area contributed by atoms with Crippen LogP contribution in [0.15, 0.2) is 12.7 Å². The second kappa shape index (κ2) is 5.48. The van der Waals surface area contributed by atoms with Gasteiger partial charge in [0.25, 0.3) is 5.91 Å². The van der Waals surface area contributed by atoms with Crippen LogP contribution in [0.2, 0.25) is 0 Å². The van der Waals surface area contributed by atoms with Crippen LogP contribution < -0.4 is 11.1 Å². The number of nitrogens with one attached hydrogen (secondary N) is 1. The largest absolute Gasteiger partial charge is 0.387 e. The van der Waals surface area contributed by atoms with Crippen LogP contribution in [0.4, 0.5) is 5.82 Å². The molecule has 1 aliphatic rings. The van der Waals surface area contributed by atoms with Gasteiger partial charge >= 0.3 is 0 Å². The van der Waals surface area contributed by atoms with Gasteiger partial charge in [-0.15, -0.1) is 0 Å². The SMILES string of the molecule is CCNC(=O)[C@H]1O[C@@H](n2cnc3c(N)ncnc32)[C@@H](O)C1O. The number of amides is 1. The molecular weight excluding hydrogens is 292 g/mol. The summed E-state index contributed by atoms with van der Waals surface area (Å²) >= 11 is 0. The van der Waals surface area contributed by atoms with E-state index in [1.165, 1.54) is 17.2 Å². The van der Waals surface area contributed by atoms with Crippen molar-refractivity contribution in [3.8, 4) is 0 Å². The molecule has 0 aromatic carbocycles. The van der Waals surface area contributed by atoms with Gasteiger partial charge in [0, 0.05) is 6.54 Å². The normalized spacial score (nSPS) is 28.1. The Balaban J connectivity index is 1.94. The fraction of sp³-hybridized carbons (Fsp3) is 0.500. The molecule has 118 valence electrons. The number of imidazole rings is 1. The number of aliphatic hydroxyl groups is 2. The van der Waals surface area contributed by atoms with Crippen molar-refractivity contribution >= 4 is 22.9 Å². The lowest BCUT2D eigenvalue weighted by molar-refractivity contribution is -0.137. The van der Waals surface area contributed by atoms with Crippen LogP contribution in [0.3, 0.4) is 0 Å². The Morgan fingerprint density at radius 3 is 2.91 bits per heavy atom. The Labute approximate surface area is 124 Å². The molecule has 0 spiro atoms. The molecule has 0 radical (unpaired) electrons. The number of nitrogen functional groups attached to an aromatic ring is 1. The second-order valence-corrected chi connectivity index (χ2v) is 4.91. The molecule has 1 amide bonds. The highest BCUT2D eigenvalue weighted by Crippen LogP contribution is 2.31. The Morgan fingerprint density at radius 2 is 2.18 bits per heavy atom. The van der Waals surface area contributed by atoms with Crippen LogP contribution in [-0.2, 0) is 9.53 Å². The molecule has 0 bridgehead atoms. The van der Waals surface area contributed by atoms with Crippen LogP contribution in [0.25, 0.3) is 11.2 Å². The number of rotatable bonds is 3. The van der Waals surface area contributed by atoms with Crippen LogP contribution in [0.5, 0.6) is 0 Å². The van der Waals surface area contributed by atoms with Gasteiger partial charge < -0.3 is 26.0 Å². The van der Waals surface area contributed by atoms with Crippen LogP contribution >= 0.6 is 0 Å². The zero-order valence-corrected chi connectivity index (χ0v) is 11.7. The highest BCUT2D eigenvalue weighted by Gasteiger charge is 2.47. The van der Waals surface area contributed by atoms with E-state index < -0.39 is 30.4 Å². The monoisotopic (exact) mass is 308 g/mol. The molecular formula is C12H16N6O4. The predicted octanol–water partition coefficient (Wildman–Crippen LogP) is -1.84. The minimum Gasteiger partial charge on any atom is -0.387 e. The number of carbonyl (C=O) groups is 1. The first-order valence-corrected chi connectivity index (χ1v) is 6.77. The first-order valence-electron chi connectivity index (χ1n) is 6.77. The number of aromatic nitrogens is 4. The number of nitrogens with zero attached hydrogens (tertiary/aromatic N) is 4. The molecule has 0 saturated carbocycles. The maximum atomic E-state index is 11.9. The van der Waals surface area contributed by atoms with Gasteiger partial charge in [-0.3, -0.25) is 9.36 Å². The van der Waals surface area contributed by atoms with E-state index >= 15 is 0 Å². The van der Waals surface area contributed by atoms with Gasteiger partial charge in [-0.2, -0.15) is 0 Å². The van der Waals surface area contributed by atoms with E-state index in [4.69, 9.17) is 10.5 Å². The third-order valence-corrected chi connectivity index (χ3v) is 3.51. The van der Waals surface area contributed by atoms with Crippen molar-refractivity contribution < 1.29 is 19.7 Å². The molecule has 3 heterocycles. The summed E-state index contributed by atoms with van der Waals surface area (Å²) in [6.07, 6.45) is -2.20. The van der Waals surface area contributed by atoms with Crippen molar-refractivity contribution in [2.75, 3.05) is 12.3 Å². The number of likely N-dealkylation sites (N-methyl/N-ethyl adjacent to an activating group) is 1. The number of aliphatic hydroxyl groups excluding tert-OH is 2. The lowest BCUT2D eigenvalue weighted by Gasteiger charge is -2.16. The van der Waals surface area contributed by atoms with E-state index in [2.05, 4.69) is 20.3 Å². The summed E-state index contributed by atoms with van der Waals surface area (Å²) < 4.78 is 6.92. The van der Waals surface area contributed by atoms with Crippen LogP contribution in [-0.4, -0.2) is 60.5 Å². The first kappa shape index (κ1) is 14.6. The Hall–Kier alpha value is -2.30.